The molecule has 230 valence electrons. The largest absolute Gasteiger partial charge is 1.00 e. The summed E-state index contributed by atoms with van der Waals surface area (Å²) in [5, 5.41) is 5.72. The number of aliphatic imine (C=N–C) groups is 2. The second-order valence-electron chi connectivity index (χ2n) is 11.3. The lowest BCUT2D eigenvalue weighted by Crippen LogP contribution is -3.00. The highest BCUT2D eigenvalue weighted by Crippen LogP contribution is 2.40. The summed E-state index contributed by atoms with van der Waals surface area (Å²) in [4.78, 5) is 10.6. The van der Waals surface area contributed by atoms with E-state index in [1.54, 1.807) is 0 Å². The number of fused-ring (bicyclic) bond motifs is 2. The van der Waals surface area contributed by atoms with Gasteiger partial charge in [0.1, 0.15) is 0 Å². The van der Waals surface area contributed by atoms with Crippen molar-refractivity contribution in [2.45, 2.75) is 58.3 Å². The quantitative estimate of drug-likeness (QED) is 0.0749. The maximum atomic E-state index is 6.97. The fraction of sp³-hybridized carbons (Fsp3) is 0.361. The van der Waals surface area contributed by atoms with Crippen molar-refractivity contribution in [3.63, 3.8) is 0 Å². The van der Waals surface area contributed by atoms with Gasteiger partial charge in [0.25, 0.3) is 0 Å². The number of thiocarbonyl (C=S) groups is 2. The van der Waals surface area contributed by atoms with Gasteiger partial charge in [-0.05, 0) is 80.5 Å². The molecule has 2 heterocycles. The van der Waals surface area contributed by atoms with Crippen LogP contribution in [0.2, 0.25) is 0 Å². The Morgan fingerprint density at radius 3 is 2.48 bits per heavy atom. The number of para-hydroxylation sites is 2. The molecule has 44 heavy (non-hydrogen) atoms. The molecular weight excluding hydrogens is 668 g/mol. The zero-order chi connectivity index (χ0) is 30.7. The molecule has 8 heteroatoms. The molecule has 0 saturated heterocycles. The highest BCUT2D eigenvalue weighted by atomic mass is 79.9. The highest BCUT2D eigenvalue weighted by Gasteiger charge is 2.43. The van der Waals surface area contributed by atoms with Gasteiger partial charge >= 0.3 is 0 Å². The molecule has 0 radical (unpaired) electrons. The number of halogens is 2. The first-order valence-electron chi connectivity index (χ1n) is 15.0. The summed E-state index contributed by atoms with van der Waals surface area (Å²) >= 11 is 16.5. The molecule has 2 aliphatic rings. The molecule has 0 spiro atoms. The van der Waals surface area contributed by atoms with Crippen molar-refractivity contribution in [1.82, 2.24) is 0 Å². The van der Waals surface area contributed by atoms with Gasteiger partial charge in [-0.2, -0.15) is 4.58 Å². The molecule has 0 unspecified atom stereocenters. The van der Waals surface area contributed by atoms with Crippen molar-refractivity contribution >= 4 is 63.4 Å². The maximum Gasteiger partial charge on any atom is 0.209 e. The molecule has 4 rings (SSSR count). The Labute approximate surface area is 289 Å². The maximum absolute atomic E-state index is 6.97. The minimum absolute atomic E-state index is 0. The van der Waals surface area contributed by atoms with Crippen molar-refractivity contribution in [3.05, 3.63) is 106 Å². The number of hydrogen-bond acceptors (Lipinski definition) is 5. The summed E-state index contributed by atoms with van der Waals surface area (Å²) in [6, 6.07) is 17.3. The fourth-order valence-electron chi connectivity index (χ4n) is 5.95. The van der Waals surface area contributed by atoms with Gasteiger partial charge < -0.3 is 21.9 Å². The lowest BCUT2D eigenvalue weighted by molar-refractivity contribution is -0.437. The zero-order valence-corrected chi connectivity index (χ0v) is 29.7. The van der Waals surface area contributed by atoms with Gasteiger partial charge in [0, 0.05) is 53.5 Å². The normalized spacial score (nSPS) is 16.5. The zero-order valence-electron chi connectivity index (χ0n) is 25.7. The van der Waals surface area contributed by atoms with Crippen LogP contribution >= 0.6 is 36.0 Å². The van der Waals surface area contributed by atoms with E-state index in [0.29, 0.717) is 13.1 Å². The van der Waals surface area contributed by atoms with Gasteiger partial charge in [-0.25, -0.2) is 9.98 Å². The highest BCUT2D eigenvalue weighted by molar-refractivity contribution is 7.78. The van der Waals surface area contributed by atoms with Crippen LogP contribution in [0.4, 0.5) is 11.4 Å². The molecule has 0 amide bonds. The first kappa shape index (κ1) is 35.7. The van der Waals surface area contributed by atoms with E-state index in [-0.39, 0.29) is 22.4 Å². The Bertz CT molecular complexity index is 1570. The van der Waals surface area contributed by atoms with Crippen LogP contribution in [0, 0.1) is 0 Å². The minimum atomic E-state index is -0.125. The molecule has 2 aliphatic heterocycles. The molecule has 0 fully saturated rings. The van der Waals surface area contributed by atoms with E-state index in [4.69, 9.17) is 36.0 Å². The van der Waals surface area contributed by atoms with Crippen molar-refractivity contribution in [3.8, 4) is 0 Å². The van der Waals surface area contributed by atoms with E-state index in [1.807, 2.05) is 6.08 Å². The number of isothiocyanates is 2. The lowest BCUT2D eigenvalue weighted by Gasteiger charge is -2.21. The van der Waals surface area contributed by atoms with E-state index >= 15 is 0 Å². The minimum Gasteiger partial charge on any atom is -1.00 e. The van der Waals surface area contributed by atoms with Crippen LogP contribution < -0.4 is 21.9 Å². The summed E-state index contributed by atoms with van der Waals surface area (Å²) in [5.74, 6) is 0. The van der Waals surface area contributed by atoms with E-state index in [0.717, 1.165) is 55.8 Å². The Hall–Kier alpha value is -2.76. The van der Waals surface area contributed by atoms with Gasteiger partial charge in [0.05, 0.1) is 28.8 Å². The van der Waals surface area contributed by atoms with Gasteiger partial charge in [0.15, 0.2) is 12.3 Å². The molecule has 2 aromatic rings. The van der Waals surface area contributed by atoms with Crippen molar-refractivity contribution in [1.29, 1.82) is 0 Å². The monoisotopic (exact) mass is 706 g/mol. The molecule has 2 aromatic carbocycles. The molecule has 0 saturated carbocycles. The summed E-state index contributed by atoms with van der Waals surface area (Å²) in [6.45, 7) is 9.90. The topological polar surface area (TPSA) is 31.0 Å². The summed E-state index contributed by atoms with van der Waals surface area (Å²) in [6.07, 6.45) is 15.4. The van der Waals surface area contributed by atoms with E-state index in [2.05, 4.69) is 123 Å². The predicted octanol–water partition coefficient (Wildman–Crippen LogP) is 6.40. The van der Waals surface area contributed by atoms with Crippen LogP contribution in [-0.4, -0.2) is 46.8 Å². The van der Waals surface area contributed by atoms with E-state index in [9.17, 15) is 0 Å². The smallest absolute Gasteiger partial charge is 0.209 e. The second kappa shape index (κ2) is 17.7. The SMILES string of the molecule is CCCC(/C=C/C1=[N+](CCCN=C=S)c2ccccc2C1(C)C)=C(Cl)\C=C\C=C1/Cc2ccccc2N1CCCN=C=S.[Br-]. The van der Waals surface area contributed by atoms with Crippen LogP contribution in [0.1, 0.15) is 57.6 Å². The molecule has 0 atom stereocenters. The van der Waals surface area contributed by atoms with E-state index in [1.165, 1.54) is 33.9 Å². The third kappa shape index (κ3) is 8.69. The van der Waals surface area contributed by atoms with Crippen LogP contribution in [-0.2, 0) is 11.8 Å². The summed E-state index contributed by atoms with van der Waals surface area (Å²) in [7, 11) is 0. The Balaban J connectivity index is 0.00000529. The standard InChI is InChI=1S/C36H40ClN4S2.BrH/c1-4-12-28(19-20-35-36(2,3)31-15-6-8-18-34(31)41(35)24-11-22-39-27-43)32(37)16-9-14-30-25-29-13-5-7-17-33(29)40(30)23-10-21-38-26-42;/h5-9,13-20H,4,10-12,21-25H2,1-3H3;1H/q+1;/p-1. The molecular formula is C36H40BrClN4S2. The van der Waals surface area contributed by atoms with Crippen LogP contribution in [0.3, 0.4) is 0 Å². The van der Waals surface area contributed by atoms with Gasteiger partial charge in [-0.15, -0.1) is 0 Å². The van der Waals surface area contributed by atoms with E-state index < -0.39 is 0 Å². The van der Waals surface area contributed by atoms with Gasteiger partial charge in [0.2, 0.25) is 5.69 Å². The third-order valence-electron chi connectivity index (χ3n) is 8.03. The van der Waals surface area contributed by atoms with Crippen molar-refractivity contribution < 1.29 is 21.6 Å². The number of allylic oxidation sites excluding steroid dienone is 8. The first-order valence-corrected chi connectivity index (χ1v) is 16.2. The Morgan fingerprint density at radius 1 is 1.02 bits per heavy atom. The number of hydrogen-bond donors (Lipinski definition) is 0. The molecule has 4 nitrogen and oxygen atoms in total. The molecule has 0 aromatic heterocycles. The number of nitrogens with zero attached hydrogens (tertiary/aromatic N) is 4. The molecule has 0 N–H and O–H groups in total. The average Bonchev–Trinajstić information content (AvgIpc) is 3.46. The number of rotatable bonds is 14. The van der Waals surface area contributed by atoms with Crippen molar-refractivity contribution in [2.75, 3.05) is 31.1 Å². The molecule has 0 bridgehead atoms. The van der Waals surface area contributed by atoms with Crippen LogP contribution in [0.5, 0.6) is 0 Å². The lowest BCUT2D eigenvalue weighted by atomic mass is 9.81. The second-order valence-corrected chi connectivity index (χ2v) is 12.0. The first-order chi connectivity index (χ1) is 20.9. The third-order valence-corrected chi connectivity index (χ3v) is 8.66. The summed E-state index contributed by atoms with van der Waals surface area (Å²) in [5.41, 5.74) is 8.73. The number of anilines is 1. The van der Waals surface area contributed by atoms with Crippen LogP contribution in [0.15, 0.2) is 105 Å². The predicted molar refractivity (Wildman–Crippen MR) is 190 cm³/mol. The average molecular weight is 708 g/mol. The fourth-order valence-corrected chi connectivity index (χ4v) is 6.37. The number of benzene rings is 2. The van der Waals surface area contributed by atoms with Crippen molar-refractivity contribution in [2.24, 2.45) is 9.98 Å². The Morgan fingerprint density at radius 2 is 1.73 bits per heavy atom. The Kier molecular flexibility index (Phi) is 14.3. The summed E-state index contributed by atoms with van der Waals surface area (Å²) < 4.78 is 2.42. The van der Waals surface area contributed by atoms with Crippen LogP contribution in [0.25, 0.3) is 0 Å². The van der Waals surface area contributed by atoms with Gasteiger partial charge in [-0.1, -0.05) is 73.5 Å². The molecule has 0 aliphatic carbocycles. The van der Waals surface area contributed by atoms with Gasteiger partial charge in [-0.3, -0.25) is 0 Å².